The Hall–Kier alpha value is -1.92. The molecule has 0 aliphatic carbocycles. The minimum absolute atomic E-state index is 0.0830. The first kappa shape index (κ1) is 16.0. The van der Waals surface area contributed by atoms with Crippen LogP contribution >= 0.6 is 0 Å². The van der Waals surface area contributed by atoms with E-state index in [9.17, 15) is 8.42 Å². The highest BCUT2D eigenvalue weighted by Gasteiger charge is 2.19. The first-order chi connectivity index (χ1) is 11.1. The topological polar surface area (TPSA) is 62.3 Å². The summed E-state index contributed by atoms with van der Waals surface area (Å²) < 4.78 is 26.0. The van der Waals surface area contributed by atoms with Gasteiger partial charge in [-0.3, -0.25) is 0 Å². The Balaban J connectivity index is 1.81. The SMILES string of the molecule is CCS(=O)(=O)NCc1cccnc1N1CCc2ccccc2C1. The van der Waals surface area contributed by atoms with Crippen LogP contribution in [0.3, 0.4) is 0 Å². The number of fused-ring (bicyclic) bond motifs is 1. The maximum atomic E-state index is 11.7. The standard InChI is InChI=1S/C17H21N3O2S/c1-2-23(21,22)19-12-15-8-5-10-18-17(15)20-11-9-14-6-3-4-7-16(14)13-20/h3-8,10,19H,2,9,11-13H2,1H3. The Bertz CT molecular complexity index is 790. The molecule has 23 heavy (non-hydrogen) atoms. The van der Waals surface area contributed by atoms with Crippen molar-refractivity contribution in [3.05, 3.63) is 59.3 Å². The van der Waals surface area contributed by atoms with Crippen LogP contribution in [0.1, 0.15) is 23.6 Å². The summed E-state index contributed by atoms with van der Waals surface area (Å²) in [6.07, 6.45) is 2.74. The predicted molar refractivity (Wildman–Crippen MR) is 91.7 cm³/mol. The smallest absolute Gasteiger partial charge is 0.211 e. The summed E-state index contributed by atoms with van der Waals surface area (Å²) in [4.78, 5) is 6.71. The quantitative estimate of drug-likeness (QED) is 0.911. The lowest BCUT2D eigenvalue weighted by molar-refractivity contribution is 0.582. The van der Waals surface area contributed by atoms with E-state index in [2.05, 4.69) is 38.9 Å². The molecule has 0 bridgehead atoms. The molecule has 0 amide bonds. The molecule has 1 N–H and O–H groups in total. The predicted octanol–water partition coefficient (Wildman–Crippen LogP) is 2.08. The van der Waals surface area contributed by atoms with Crippen molar-refractivity contribution in [1.29, 1.82) is 0 Å². The van der Waals surface area contributed by atoms with E-state index in [1.54, 1.807) is 13.1 Å². The van der Waals surface area contributed by atoms with Crippen LogP contribution in [0.25, 0.3) is 0 Å². The molecule has 0 fully saturated rings. The molecule has 1 aromatic carbocycles. The molecule has 0 unspecified atom stereocenters. The summed E-state index contributed by atoms with van der Waals surface area (Å²) in [5.41, 5.74) is 3.60. The Morgan fingerprint density at radius 3 is 2.74 bits per heavy atom. The van der Waals surface area contributed by atoms with Gasteiger partial charge in [0.15, 0.2) is 0 Å². The first-order valence-electron chi connectivity index (χ1n) is 7.82. The van der Waals surface area contributed by atoms with E-state index in [1.165, 1.54) is 11.1 Å². The number of pyridine rings is 1. The van der Waals surface area contributed by atoms with Crippen molar-refractivity contribution in [3.8, 4) is 0 Å². The summed E-state index contributed by atoms with van der Waals surface area (Å²) >= 11 is 0. The summed E-state index contributed by atoms with van der Waals surface area (Å²) in [7, 11) is -3.21. The minimum atomic E-state index is -3.21. The average molecular weight is 331 g/mol. The fourth-order valence-electron chi connectivity index (χ4n) is 2.82. The molecule has 0 atom stereocenters. The molecule has 1 aliphatic rings. The van der Waals surface area contributed by atoms with E-state index in [-0.39, 0.29) is 12.3 Å². The lowest BCUT2D eigenvalue weighted by atomic mass is 9.99. The summed E-state index contributed by atoms with van der Waals surface area (Å²) in [5.74, 6) is 0.945. The van der Waals surface area contributed by atoms with Crippen molar-refractivity contribution >= 4 is 15.8 Å². The third-order valence-corrected chi connectivity index (χ3v) is 5.50. The second-order valence-electron chi connectivity index (χ2n) is 5.65. The number of hydrogen-bond acceptors (Lipinski definition) is 4. The van der Waals surface area contributed by atoms with Gasteiger partial charge in [-0.2, -0.15) is 0 Å². The number of sulfonamides is 1. The highest BCUT2D eigenvalue weighted by atomic mass is 32.2. The molecule has 0 saturated heterocycles. The van der Waals surface area contributed by atoms with Crippen molar-refractivity contribution in [2.75, 3.05) is 17.2 Å². The van der Waals surface area contributed by atoms with E-state index in [4.69, 9.17) is 0 Å². The second-order valence-corrected chi connectivity index (χ2v) is 7.75. The number of nitrogens with zero attached hydrogens (tertiary/aromatic N) is 2. The second kappa shape index (κ2) is 6.68. The zero-order chi connectivity index (χ0) is 16.3. The van der Waals surface area contributed by atoms with Gasteiger partial charge in [0.1, 0.15) is 5.82 Å². The summed E-state index contributed by atoms with van der Waals surface area (Å²) in [6, 6.07) is 12.2. The maximum absolute atomic E-state index is 11.7. The van der Waals surface area contributed by atoms with Gasteiger partial charge >= 0.3 is 0 Å². The van der Waals surface area contributed by atoms with Crippen LogP contribution in [-0.4, -0.2) is 25.7 Å². The van der Waals surface area contributed by atoms with Crippen LogP contribution in [0.2, 0.25) is 0 Å². The molecule has 1 aromatic heterocycles. The van der Waals surface area contributed by atoms with E-state index in [0.29, 0.717) is 0 Å². The molecule has 0 saturated carbocycles. The molecule has 6 heteroatoms. The van der Waals surface area contributed by atoms with E-state index in [1.807, 2.05) is 12.1 Å². The van der Waals surface area contributed by atoms with Gasteiger partial charge in [-0.15, -0.1) is 0 Å². The monoisotopic (exact) mass is 331 g/mol. The van der Waals surface area contributed by atoms with E-state index >= 15 is 0 Å². The van der Waals surface area contributed by atoms with Crippen LogP contribution in [0.5, 0.6) is 0 Å². The molecular weight excluding hydrogens is 310 g/mol. The van der Waals surface area contributed by atoms with Gasteiger partial charge in [-0.05, 0) is 30.5 Å². The summed E-state index contributed by atoms with van der Waals surface area (Å²) in [6.45, 7) is 3.60. The average Bonchev–Trinajstić information content (AvgIpc) is 2.60. The number of nitrogens with one attached hydrogen (secondary N) is 1. The van der Waals surface area contributed by atoms with Crippen LogP contribution in [0.15, 0.2) is 42.6 Å². The van der Waals surface area contributed by atoms with Crippen LogP contribution in [0.4, 0.5) is 5.82 Å². The van der Waals surface area contributed by atoms with Gasteiger partial charge in [0.05, 0.1) is 5.75 Å². The zero-order valence-corrected chi connectivity index (χ0v) is 14.0. The number of anilines is 1. The largest absolute Gasteiger partial charge is 0.352 e. The van der Waals surface area contributed by atoms with Gasteiger partial charge in [-0.1, -0.05) is 30.3 Å². The molecule has 2 heterocycles. The fourth-order valence-corrected chi connectivity index (χ4v) is 3.40. The highest BCUT2D eigenvalue weighted by molar-refractivity contribution is 7.89. The van der Waals surface area contributed by atoms with Gasteiger partial charge in [0, 0.05) is 31.4 Å². The number of rotatable bonds is 5. The molecule has 0 spiro atoms. The first-order valence-corrected chi connectivity index (χ1v) is 9.47. The van der Waals surface area contributed by atoms with Crippen molar-refractivity contribution in [2.45, 2.75) is 26.4 Å². The van der Waals surface area contributed by atoms with Crippen molar-refractivity contribution in [2.24, 2.45) is 0 Å². The zero-order valence-electron chi connectivity index (χ0n) is 13.2. The molecule has 5 nitrogen and oxygen atoms in total. The van der Waals surface area contributed by atoms with Crippen molar-refractivity contribution < 1.29 is 8.42 Å². The Morgan fingerprint density at radius 2 is 1.96 bits per heavy atom. The van der Waals surface area contributed by atoms with E-state index < -0.39 is 10.0 Å². The minimum Gasteiger partial charge on any atom is -0.352 e. The van der Waals surface area contributed by atoms with Crippen molar-refractivity contribution in [3.63, 3.8) is 0 Å². The maximum Gasteiger partial charge on any atom is 0.211 e. The van der Waals surface area contributed by atoms with Crippen LogP contribution < -0.4 is 9.62 Å². The molecule has 1 aliphatic heterocycles. The number of benzene rings is 1. The normalized spacial score (nSPS) is 14.6. The van der Waals surface area contributed by atoms with Crippen LogP contribution in [0, 0.1) is 0 Å². The van der Waals surface area contributed by atoms with Gasteiger partial charge in [0.2, 0.25) is 10.0 Å². The Kier molecular flexibility index (Phi) is 4.63. The van der Waals surface area contributed by atoms with Gasteiger partial charge in [-0.25, -0.2) is 18.1 Å². The van der Waals surface area contributed by atoms with Gasteiger partial charge < -0.3 is 4.90 Å². The molecule has 3 rings (SSSR count). The lowest BCUT2D eigenvalue weighted by Crippen LogP contribution is -2.33. The fraction of sp³-hybridized carbons (Fsp3) is 0.353. The molecule has 2 aromatic rings. The third kappa shape index (κ3) is 3.71. The van der Waals surface area contributed by atoms with Crippen LogP contribution in [-0.2, 0) is 29.5 Å². The highest BCUT2D eigenvalue weighted by Crippen LogP contribution is 2.25. The Labute approximate surface area is 137 Å². The Morgan fingerprint density at radius 1 is 1.17 bits per heavy atom. The molecular formula is C17H21N3O2S. The molecule has 0 radical (unpaired) electrons. The lowest BCUT2D eigenvalue weighted by Gasteiger charge is -2.31. The third-order valence-electron chi connectivity index (χ3n) is 4.16. The molecule has 122 valence electrons. The van der Waals surface area contributed by atoms with Gasteiger partial charge in [0.25, 0.3) is 0 Å². The summed E-state index contributed by atoms with van der Waals surface area (Å²) in [5, 5.41) is 0. The van der Waals surface area contributed by atoms with Crippen molar-refractivity contribution in [1.82, 2.24) is 9.71 Å². The number of aromatic nitrogens is 1. The number of hydrogen-bond donors (Lipinski definition) is 1. The van der Waals surface area contributed by atoms with E-state index in [0.717, 1.165) is 30.9 Å².